The van der Waals surface area contributed by atoms with Crippen molar-refractivity contribution in [3.63, 3.8) is 0 Å². The van der Waals surface area contributed by atoms with Crippen LogP contribution >= 0.6 is 11.6 Å². The second kappa shape index (κ2) is 5.06. The molecule has 2 rings (SSSR count). The van der Waals surface area contributed by atoms with Gasteiger partial charge in [0.1, 0.15) is 5.69 Å². The van der Waals surface area contributed by atoms with E-state index in [9.17, 15) is 4.79 Å². The fraction of sp³-hybridized carbons (Fsp3) is 0.154. The van der Waals surface area contributed by atoms with Gasteiger partial charge in [0, 0.05) is 17.1 Å². The number of carbonyl (C=O) groups excluding carboxylic acids is 1. The number of rotatable bonds is 3. The maximum Gasteiger partial charge on any atom is 0.354 e. The molecule has 0 atom stereocenters. The van der Waals surface area contributed by atoms with E-state index in [-0.39, 0.29) is 5.97 Å². The fourth-order valence-corrected chi connectivity index (χ4v) is 1.82. The van der Waals surface area contributed by atoms with Crippen LogP contribution in [-0.4, -0.2) is 18.1 Å². The van der Waals surface area contributed by atoms with Crippen LogP contribution in [0, 0.1) is 0 Å². The van der Waals surface area contributed by atoms with E-state index >= 15 is 0 Å². The van der Waals surface area contributed by atoms with Crippen molar-refractivity contribution in [2.24, 2.45) is 0 Å². The van der Waals surface area contributed by atoms with Gasteiger partial charge in [-0.3, -0.25) is 0 Å². The molecule has 0 fully saturated rings. The van der Waals surface area contributed by atoms with Gasteiger partial charge in [0.25, 0.3) is 0 Å². The molecule has 0 aliphatic heterocycles. The lowest BCUT2D eigenvalue weighted by Gasteiger charge is -2.02. The van der Waals surface area contributed by atoms with Crippen molar-refractivity contribution >= 4 is 17.6 Å². The molecule has 0 aliphatic rings. The minimum absolute atomic E-state index is 0.365. The average Bonchev–Trinajstić information content (AvgIpc) is 2.80. The van der Waals surface area contributed by atoms with Gasteiger partial charge >= 0.3 is 5.97 Å². The number of benzene rings is 1. The molecule has 3 nitrogen and oxygen atoms in total. The van der Waals surface area contributed by atoms with Gasteiger partial charge in [0.15, 0.2) is 0 Å². The summed E-state index contributed by atoms with van der Waals surface area (Å²) in [5.41, 5.74) is 2.40. The maximum absolute atomic E-state index is 11.3. The van der Waals surface area contributed by atoms with E-state index in [2.05, 4.69) is 9.72 Å². The van der Waals surface area contributed by atoms with Crippen molar-refractivity contribution < 1.29 is 9.53 Å². The number of halogens is 1. The van der Waals surface area contributed by atoms with Crippen LogP contribution in [0.3, 0.4) is 0 Å². The van der Waals surface area contributed by atoms with E-state index in [4.69, 9.17) is 11.6 Å². The summed E-state index contributed by atoms with van der Waals surface area (Å²) in [6.45, 7) is 0. The third-order valence-electron chi connectivity index (χ3n) is 2.49. The molecule has 0 unspecified atom stereocenters. The molecule has 0 amide bonds. The zero-order valence-electron chi connectivity index (χ0n) is 9.37. The quantitative estimate of drug-likeness (QED) is 0.850. The molecule has 0 spiro atoms. The Balaban J connectivity index is 2.17. The van der Waals surface area contributed by atoms with Gasteiger partial charge in [-0.05, 0) is 23.8 Å². The molecule has 0 radical (unpaired) electrons. The fourth-order valence-electron chi connectivity index (χ4n) is 1.62. The van der Waals surface area contributed by atoms with Crippen LogP contribution < -0.4 is 0 Å². The zero-order chi connectivity index (χ0) is 12.3. The lowest BCUT2D eigenvalue weighted by molar-refractivity contribution is 0.0594. The van der Waals surface area contributed by atoms with Gasteiger partial charge < -0.3 is 9.72 Å². The van der Waals surface area contributed by atoms with E-state index in [1.807, 2.05) is 30.3 Å². The molecule has 1 aromatic heterocycles. The number of aromatic nitrogens is 1. The molecule has 17 heavy (non-hydrogen) atoms. The highest BCUT2D eigenvalue weighted by Crippen LogP contribution is 2.18. The number of aromatic amines is 1. The Bertz CT molecular complexity index is 534. The first-order chi connectivity index (χ1) is 8.20. The van der Waals surface area contributed by atoms with Crippen molar-refractivity contribution in [2.45, 2.75) is 6.42 Å². The first kappa shape index (κ1) is 11.7. The lowest BCUT2D eigenvalue weighted by Crippen LogP contribution is -2.01. The Morgan fingerprint density at radius 3 is 2.76 bits per heavy atom. The summed E-state index contributed by atoms with van der Waals surface area (Å²) in [6, 6.07) is 11.2. The Morgan fingerprint density at radius 2 is 2.06 bits per heavy atom. The number of ether oxygens (including phenoxy) is 1. The van der Waals surface area contributed by atoms with E-state index in [1.165, 1.54) is 7.11 Å². The van der Waals surface area contributed by atoms with Gasteiger partial charge in [0.05, 0.1) is 7.11 Å². The minimum atomic E-state index is -0.365. The maximum atomic E-state index is 11.3. The van der Waals surface area contributed by atoms with E-state index in [0.29, 0.717) is 12.1 Å². The van der Waals surface area contributed by atoms with Crippen molar-refractivity contribution in [3.05, 3.63) is 58.4 Å². The van der Waals surface area contributed by atoms with Crippen LogP contribution in [0.4, 0.5) is 0 Å². The Hall–Kier alpha value is -1.74. The Kier molecular flexibility index (Phi) is 3.49. The Labute approximate surface area is 104 Å². The topological polar surface area (TPSA) is 42.1 Å². The molecule has 2 aromatic rings. The highest BCUT2D eigenvalue weighted by Gasteiger charge is 2.09. The summed E-state index contributed by atoms with van der Waals surface area (Å²) < 4.78 is 4.63. The van der Waals surface area contributed by atoms with E-state index < -0.39 is 0 Å². The van der Waals surface area contributed by atoms with E-state index in [0.717, 1.165) is 16.3 Å². The molecule has 0 saturated heterocycles. The summed E-state index contributed by atoms with van der Waals surface area (Å²) in [5, 5.41) is 0.724. The van der Waals surface area contributed by atoms with Crippen LogP contribution in [0.2, 0.25) is 5.02 Å². The number of nitrogens with one attached hydrogen (secondary N) is 1. The molecule has 0 saturated carbocycles. The van der Waals surface area contributed by atoms with Gasteiger partial charge in [-0.1, -0.05) is 29.8 Å². The molecule has 1 N–H and O–H groups in total. The zero-order valence-corrected chi connectivity index (χ0v) is 10.1. The second-order valence-electron chi connectivity index (χ2n) is 3.66. The third-order valence-corrected chi connectivity index (χ3v) is 2.86. The number of hydrogen-bond acceptors (Lipinski definition) is 2. The van der Waals surface area contributed by atoms with Gasteiger partial charge in [0.2, 0.25) is 0 Å². The standard InChI is InChI=1S/C13H12ClNO2/c1-17-13(16)12-7-6-10(15-12)8-9-4-2-3-5-11(9)14/h2-7,15H,8H2,1H3. The van der Waals surface area contributed by atoms with Crippen LogP contribution in [0.5, 0.6) is 0 Å². The molecular weight excluding hydrogens is 238 g/mol. The number of carbonyl (C=O) groups is 1. The monoisotopic (exact) mass is 249 g/mol. The van der Waals surface area contributed by atoms with Crippen LogP contribution in [-0.2, 0) is 11.2 Å². The number of esters is 1. The number of methoxy groups -OCH3 is 1. The van der Waals surface area contributed by atoms with Crippen LogP contribution in [0.25, 0.3) is 0 Å². The molecular formula is C13H12ClNO2. The summed E-state index contributed by atoms with van der Waals surface area (Å²) in [4.78, 5) is 14.3. The molecule has 0 bridgehead atoms. The first-order valence-corrected chi connectivity index (χ1v) is 5.58. The average molecular weight is 250 g/mol. The minimum Gasteiger partial charge on any atom is -0.464 e. The predicted molar refractivity (Wildman–Crippen MR) is 66.4 cm³/mol. The van der Waals surface area contributed by atoms with Crippen LogP contribution in [0.15, 0.2) is 36.4 Å². The lowest BCUT2D eigenvalue weighted by atomic mass is 10.1. The normalized spacial score (nSPS) is 10.2. The van der Waals surface area contributed by atoms with Crippen molar-refractivity contribution in [2.75, 3.05) is 7.11 Å². The molecule has 0 aliphatic carbocycles. The van der Waals surface area contributed by atoms with Crippen molar-refractivity contribution in [3.8, 4) is 0 Å². The van der Waals surface area contributed by atoms with Crippen molar-refractivity contribution in [1.29, 1.82) is 0 Å². The van der Waals surface area contributed by atoms with Gasteiger partial charge in [-0.2, -0.15) is 0 Å². The summed E-state index contributed by atoms with van der Waals surface area (Å²) >= 11 is 6.07. The summed E-state index contributed by atoms with van der Waals surface area (Å²) in [7, 11) is 1.36. The van der Waals surface area contributed by atoms with Gasteiger partial charge in [-0.15, -0.1) is 0 Å². The molecule has 1 aromatic carbocycles. The largest absolute Gasteiger partial charge is 0.464 e. The molecule has 4 heteroatoms. The summed E-state index contributed by atoms with van der Waals surface area (Å²) in [6.07, 6.45) is 0.663. The highest BCUT2D eigenvalue weighted by atomic mass is 35.5. The molecule has 1 heterocycles. The molecule has 88 valence electrons. The third kappa shape index (κ3) is 2.68. The van der Waals surface area contributed by atoms with Crippen molar-refractivity contribution in [1.82, 2.24) is 4.98 Å². The van der Waals surface area contributed by atoms with Gasteiger partial charge in [-0.25, -0.2) is 4.79 Å². The Morgan fingerprint density at radius 1 is 1.29 bits per heavy atom. The number of H-pyrrole nitrogens is 1. The summed E-state index contributed by atoms with van der Waals surface area (Å²) in [5.74, 6) is -0.365. The SMILES string of the molecule is COC(=O)c1ccc(Cc2ccccc2Cl)[nH]1. The number of hydrogen-bond donors (Lipinski definition) is 1. The highest BCUT2D eigenvalue weighted by molar-refractivity contribution is 6.31. The predicted octanol–water partition coefficient (Wildman–Crippen LogP) is 3.05. The second-order valence-corrected chi connectivity index (χ2v) is 4.06. The van der Waals surface area contributed by atoms with Crippen LogP contribution in [0.1, 0.15) is 21.7 Å². The smallest absolute Gasteiger partial charge is 0.354 e. The first-order valence-electron chi connectivity index (χ1n) is 5.20. The van der Waals surface area contributed by atoms with E-state index in [1.54, 1.807) is 6.07 Å².